The minimum Gasteiger partial charge on any atom is -0.497 e. The maximum atomic E-state index is 6.66. The van der Waals surface area contributed by atoms with Crippen LogP contribution in [0, 0.1) is 0 Å². The highest BCUT2D eigenvalue weighted by Gasteiger charge is 2.27. The van der Waals surface area contributed by atoms with Crippen molar-refractivity contribution in [2.24, 2.45) is 0 Å². The zero-order chi connectivity index (χ0) is 46.1. The first-order valence-electron chi connectivity index (χ1n) is 21.2. The van der Waals surface area contributed by atoms with E-state index in [1.54, 1.807) is 42.7 Å². The monoisotopic (exact) mass is 894 g/mol. The van der Waals surface area contributed by atoms with E-state index in [0.29, 0.717) is 69.0 Å². The molecule has 342 valence electrons. The molecule has 0 bridgehead atoms. The Morgan fingerprint density at radius 2 is 0.288 bits per heavy atom. The molecule has 0 N–H and O–H groups in total. The molecule has 0 saturated heterocycles. The standard InChI is InChI=1S/C54H54O12/c1-55-37-7-19-43(20-8-37)61-31-49-50(32-62-44-21-9-38(56-2)10-22-44)52(34-64-46-25-13-40(58-4)14-26-46)54(36-66-48-29-17-42(60-6)18-30-48)53(35-65-47-27-15-41(59-5)16-28-47)51(49)33-63-45-23-11-39(57-3)12-24-45/h7-30H,31-36H2,1-6H3. The van der Waals surface area contributed by atoms with E-state index in [-0.39, 0.29) is 39.6 Å². The summed E-state index contributed by atoms with van der Waals surface area (Å²) in [5.41, 5.74) is 4.93. The first-order chi connectivity index (χ1) is 32.4. The van der Waals surface area contributed by atoms with Gasteiger partial charge in [-0.3, -0.25) is 0 Å². The summed E-state index contributed by atoms with van der Waals surface area (Å²) in [5.74, 6) is 8.09. The van der Waals surface area contributed by atoms with E-state index in [0.717, 1.165) is 33.4 Å². The lowest BCUT2D eigenvalue weighted by atomic mass is 9.87. The molecule has 0 heterocycles. The third-order valence-corrected chi connectivity index (χ3v) is 10.8. The fourth-order valence-corrected chi connectivity index (χ4v) is 7.10. The van der Waals surface area contributed by atoms with Gasteiger partial charge in [0.05, 0.1) is 42.7 Å². The van der Waals surface area contributed by atoms with Gasteiger partial charge in [-0.05, 0) is 146 Å². The van der Waals surface area contributed by atoms with Crippen molar-refractivity contribution in [1.29, 1.82) is 0 Å². The van der Waals surface area contributed by atoms with Crippen LogP contribution in [0.15, 0.2) is 146 Å². The molecule has 0 aliphatic carbocycles. The van der Waals surface area contributed by atoms with Crippen molar-refractivity contribution in [3.05, 3.63) is 179 Å². The summed E-state index contributed by atoms with van der Waals surface area (Å²) < 4.78 is 72.7. The molecule has 7 aromatic carbocycles. The van der Waals surface area contributed by atoms with Gasteiger partial charge in [0.1, 0.15) is 109 Å². The number of ether oxygens (including phenoxy) is 12. The van der Waals surface area contributed by atoms with Crippen LogP contribution in [0.4, 0.5) is 0 Å². The summed E-state index contributed by atoms with van der Waals surface area (Å²) in [4.78, 5) is 0. The predicted molar refractivity (Wildman–Crippen MR) is 250 cm³/mol. The van der Waals surface area contributed by atoms with Crippen LogP contribution in [0.3, 0.4) is 0 Å². The lowest BCUT2D eigenvalue weighted by Crippen LogP contribution is -2.21. The molecule has 0 radical (unpaired) electrons. The lowest BCUT2D eigenvalue weighted by molar-refractivity contribution is 0.248. The molecule has 12 nitrogen and oxygen atoms in total. The molecular weight excluding hydrogens is 841 g/mol. The number of benzene rings is 7. The van der Waals surface area contributed by atoms with Gasteiger partial charge in [-0.1, -0.05) is 0 Å². The van der Waals surface area contributed by atoms with E-state index in [9.17, 15) is 0 Å². The molecular formula is C54H54O12. The minimum absolute atomic E-state index is 0.125. The summed E-state index contributed by atoms with van der Waals surface area (Å²) in [6, 6.07) is 44.8. The number of hydrogen-bond donors (Lipinski definition) is 0. The van der Waals surface area contributed by atoms with E-state index in [4.69, 9.17) is 56.8 Å². The Balaban J connectivity index is 1.43. The second-order valence-electron chi connectivity index (χ2n) is 14.7. The van der Waals surface area contributed by atoms with E-state index in [2.05, 4.69) is 0 Å². The Morgan fingerprint density at radius 3 is 0.394 bits per heavy atom. The Hall–Kier alpha value is -7.86. The van der Waals surface area contributed by atoms with Gasteiger partial charge in [0.15, 0.2) is 0 Å². The first kappa shape index (κ1) is 46.1. The van der Waals surface area contributed by atoms with Gasteiger partial charge in [0.2, 0.25) is 0 Å². The van der Waals surface area contributed by atoms with Crippen LogP contribution in [0.2, 0.25) is 0 Å². The van der Waals surface area contributed by atoms with Gasteiger partial charge >= 0.3 is 0 Å². The van der Waals surface area contributed by atoms with Crippen LogP contribution in [0.1, 0.15) is 33.4 Å². The normalized spacial score (nSPS) is 10.6. The van der Waals surface area contributed by atoms with Crippen molar-refractivity contribution < 1.29 is 56.8 Å². The Kier molecular flexibility index (Phi) is 16.2. The predicted octanol–water partition coefficient (Wildman–Crippen LogP) is 11.2. The third kappa shape index (κ3) is 12.2. The average Bonchev–Trinajstić information content (AvgIpc) is 3.38. The fourth-order valence-electron chi connectivity index (χ4n) is 7.10. The van der Waals surface area contributed by atoms with Crippen LogP contribution in [-0.4, -0.2) is 42.7 Å². The smallest absolute Gasteiger partial charge is 0.120 e. The number of methoxy groups -OCH3 is 6. The van der Waals surface area contributed by atoms with Crippen LogP contribution in [-0.2, 0) is 39.6 Å². The van der Waals surface area contributed by atoms with Crippen molar-refractivity contribution in [2.75, 3.05) is 42.7 Å². The first-order valence-corrected chi connectivity index (χ1v) is 21.2. The van der Waals surface area contributed by atoms with Gasteiger partial charge in [0.25, 0.3) is 0 Å². The summed E-state index contributed by atoms with van der Waals surface area (Å²) in [5, 5.41) is 0. The molecule has 12 heteroatoms. The highest BCUT2D eigenvalue weighted by molar-refractivity contribution is 5.53. The lowest BCUT2D eigenvalue weighted by Gasteiger charge is -2.28. The zero-order valence-corrected chi connectivity index (χ0v) is 38.0. The Bertz CT molecular complexity index is 2070. The van der Waals surface area contributed by atoms with E-state index >= 15 is 0 Å². The summed E-state index contributed by atoms with van der Waals surface area (Å²) >= 11 is 0. The molecule has 0 unspecified atom stereocenters. The second-order valence-corrected chi connectivity index (χ2v) is 14.7. The highest BCUT2D eigenvalue weighted by Crippen LogP contribution is 2.36. The Morgan fingerprint density at radius 1 is 0.182 bits per heavy atom. The van der Waals surface area contributed by atoms with E-state index in [1.165, 1.54) is 0 Å². The molecule has 0 fully saturated rings. The van der Waals surface area contributed by atoms with Crippen molar-refractivity contribution in [1.82, 2.24) is 0 Å². The van der Waals surface area contributed by atoms with Crippen molar-refractivity contribution in [2.45, 2.75) is 39.6 Å². The van der Waals surface area contributed by atoms with Gasteiger partial charge in [-0.15, -0.1) is 0 Å². The molecule has 7 rings (SSSR count). The average molecular weight is 895 g/mol. The summed E-state index contributed by atoms with van der Waals surface area (Å²) in [7, 11) is 9.78. The molecule has 0 aliphatic rings. The number of hydrogen-bond acceptors (Lipinski definition) is 12. The molecule has 66 heavy (non-hydrogen) atoms. The van der Waals surface area contributed by atoms with Crippen molar-refractivity contribution in [3.63, 3.8) is 0 Å². The quantitative estimate of drug-likeness (QED) is 0.0576. The van der Waals surface area contributed by atoms with Crippen molar-refractivity contribution >= 4 is 0 Å². The van der Waals surface area contributed by atoms with Crippen LogP contribution >= 0.6 is 0 Å². The summed E-state index contributed by atoms with van der Waals surface area (Å²) in [6.07, 6.45) is 0. The molecule has 0 aromatic heterocycles. The molecule has 0 amide bonds. The van der Waals surface area contributed by atoms with Crippen LogP contribution in [0.5, 0.6) is 69.0 Å². The van der Waals surface area contributed by atoms with Gasteiger partial charge in [-0.25, -0.2) is 0 Å². The number of rotatable bonds is 24. The third-order valence-electron chi connectivity index (χ3n) is 10.8. The van der Waals surface area contributed by atoms with Crippen molar-refractivity contribution in [3.8, 4) is 69.0 Å². The maximum Gasteiger partial charge on any atom is 0.120 e. The van der Waals surface area contributed by atoms with Gasteiger partial charge < -0.3 is 56.8 Å². The van der Waals surface area contributed by atoms with Gasteiger partial charge in [-0.2, -0.15) is 0 Å². The molecule has 0 spiro atoms. The van der Waals surface area contributed by atoms with E-state index in [1.807, 2.05) is 146 Å². The Labute approximate surface area is 386 Å². The molecule has 0 atom stereocenters. The molecule has 0 saturated carbocycles. The van der Waals surface area contributed by atoms with Crippen LogP contribution in [0.25, 0.3) is 0 Å². The van der Waals surface area contributed by atoms with E-state index < -0.39 is 0 Å². The highest BCUT2D eigenvalue weighted by atomic mass is 16.5. The fraction of sp³-hybridized carbons (Fsp3) is 0.222. The largest absolute Gasteiger partial charge is 0.497 e. The summed E-state index contributed by atoms with van der Waals surface area (Å²) in [6.45, 7) is 0.748. The topological polar surface area (TPSA) is 111 Å². The van der Waals surface area contributed by atoms with Crippen LogP contribution < -0.4 is 56.8 Å². The molecule has 7 aromatic rings. The maximum absolute atomic E-state index is 6.66. The second kappa shape index (κ2) is 23.2. The molecule has 0 aliphatic heterocycles. The zero-order valence-electron chi connectivity index (χ0n) is 38.0. The van der Waals surface area contributed by atoms with Gasteiger partial charge in [0, 0.05) is 33.4 Å². The SMILES string of the molecule is COc1ccc(OCc2c(COc3ccc(OC)cc3)c(COc3ccc(OC)cc3)c(COc3ccc(OC)cc3)c(COc3ccc(OC)cc3)c2COc2ccc(OC)cc2)cc1. The minimum atomic E-state index is 0.125.